The number of rotatable bonds is 6. The molecule has 1 aromatic rings. The monoisotopic (exact) mass is 336 g/mol. The third-order valence-corrected chi connectivity index (χ3v) is 4.86. The van der Waals surface area contributed by atoms with Crippen molar-refractivity contribution in [3.8, 4) is 0 Å². The predicted octanol–water partition coefficient (Wildman–Crippen LogP) is 2.87. The van der Waals surface area contributed by atoms with Crippen molar-refractivity contribution in [1.82, 2.24) is 10.2 Å². The summed E-state index contributed by atoms with van der Waals surface area (Å²) in [6, 6.07) is 1.91. The molecule has 5 nitrogen and oxygen atoms in total. The molecular formula is C19H32N2O3. The van der Waals surface area contributed by atoms with Crippen molar-refractivity contribution in [3.63, 3.8) is 0 Å². The number of carbonyl (C=O) groups excluding carboxylic acids is 1. The normalized spacial score (nSPS) is 19.6. The van der Waals surface area contributed by atoms with Crippen LogP contribution in [-0.4, -0.2) is 41.6 Å². The van der Waals surface area contributed by atoms with Crippen LogP contribution in [0.2, 0.25) is 0 Å². The number of amides is 1. The molecule has 1 aliphatic rings. The minimum atomic E-state index is -1.01. The second-order valence-electron chi connectivity index (χ2n) is 7.38. The molecule has 2 atom stereocenters. The van der Waals surface area contributed by atoms with Crippen molar-refractivity contribution in [2.45, 2.75) is 71.4 Å². The zero-order valence-corrected chi connectivity index (χ0v) is 15.5. The van der Waals surface area contributed by atoms with Gasteiger partial charge in [-0.3, -0.25) is 4.79 Å². The van der Waals surface area contributed by atoms with Crippen LogP contribution in [0, 0.1) is 13.8 Å². The van der Waals surface area contributed by atoms with E-state index in [1.54, 1.807) is 6.92 Å². The number of hydrogen-bond donors (Lipinski definition) is 2. The fraction of sp³-hybridized carbons (Fsp3) is 0.737. The summed E-state index contributed by atoms with van der Waals surface area (Å²) < 4.78 is 5.51. The molecule has 0 bridgehead atoms. The maximum absolute atomic E-state index is 12.4. The number of carbonyl (C=O) groups is 1. The van der Waals surface area contributed by atoms with Gasteiger partial charge in [0.2, 0.25) is 5.91 Å². The van der Waals surface area contributed by atoms with Crippen molar-refractivity contribution in [3.05, 3.63) is 23.2 Å². The van der Waals surface area contributed by atoms with Crippen LogP contribution in [0.15, 0.2) is 10.5 Å². The molecule has 1 amide bonds. The summed E-state index contributed by atoms with van der Waals surface area (Å²) in [4.78, 5) is 14.4. The van der Waals surface area contributed by atoms with E-state index in [4.69, 9.17) is 4.42 Å². The summed E-state index contributed by atoms with van der Waals surface area (Å²) >= 11 is 0. The minimum absolute atomic E-state index is 0.0283. The fourth-order valence-corrected chi connectivity index (χ4v) is 3.42. The number of furan rings is 1. The van der Waals surface area contributed by atoms with Gasteiger partial charge in [0.15, 0.2) is 0 Å². The largest absolute Gasteiger partial charge is 0.466 e. The highest BCUT2D eigenvalue weighted by molar-refractivity contribution is 5.76. The molecule has 2 N–H and O–H groups in total. The molecule has 1 fully saturated rings. The Morgan fingerprint density at radius 3 is 2.50 bits per heavy atom. The lowest BCUT2D eigenvalue weighted by Gasteiger charge is -2.27. The number of nitrogens with one attached hydrogen (secondary N) is 1. The van der Waals surface area contributed by atoms with Crippen molar-refractivity contribution < 1.29 is 14.3 Å². The summed E-state index contributed by atoms with van der Waals surface area (Å²) in [6.45, 7) is 9.68. The molecule has 24 heavy (non-hydrogen) atoms. The molecule has 1 saturated heterocycles. The molecule has 1 aromatic heterocycles. The highest BCUT2D eigenvalue weighted by Crippen LogP contribution is 2.26. The summed E-state index contributed by atoms with van der Waals surface area (Å²) in [5.41, 5.74) is -0.208. The molecule has 0 unspecified atom stereocenters. The van der Waals surface area contributed by atoms with Crippen LogP contribution in [0.5, 0.6) is 0 Å². The maximum Gasteiger partial charge on any atom is 0.224 e. The van der Waals surface area contributed by atoms with Crippen molar-refractivity contribution in [2.24, 2.45) is 0 Å². The molecule has 0 radical (unpaired) electrons. The van der Waals surface area contributed by atoms with Gasteiger partial charge in [-0.1, -0.05) is 12.8 Å². The van der Waals surface area contributed by atoms with E-state index in [-0.39, 0.29) is 11.9 Å². The molecule has 2 rings (SSSR count). The lowest BCUT2D eigenvalue weighted by Crippen LogP contribution is -2.42. The Bertz CT molecular complexity index is 543. The summed E-state index contributed by atoms with van der Waals surface area (Å²) in [7, 11) is 0. The minimum Gasteiger partial charge on any atom is -0.466 e. The number of nitrogens with zero attached hydrogens (tertiary/aromatic N) is 1. The molecule has 1 aliphatic heterocycles. The molecule has 136 valence electrons. The van der Waals surface area contributed by atoms with Crippen molar-refractivity contribution in [2.75, 3.05) is 19.6 Å². The Kier molecular flexibility index (Phi) is 6.47. The van der Waals surface area contributed by atoms with E-state index >= 15 is 0 Å². The van der Waals surface area contributed by atoms with E-state index in [2.05, 4.69) is 5.32 Å². The Labute approximate surface area is 145 Å². The summed E-state index contributed by atoms with van der Waals surface area (Å²) in [5.74, 6) is 1.76. The molecule has 0 aliphatic carbocycles. The van der Waals surface area contributed by atoms with Crippen LogP contribution in [0.1, 0.15) is 63.0 Å². The van der Waals surface area contributed by atoms with Crippen LogP contribution < -0.4 is 5.32 Å². The second kappa shape index (κ2) is 8.17. The fourth-order valence-electron chi connectivity index (χ4n) is 3.42. The SMILES string of the molecule is Cc1cc([C@](C)(O)CN[C@@H](C)CC(=O)N2CCCCCC2)c(C)o1. The van der Waals surface area contributed by atoms with Gasteiger partial charge in [0.25, 0.3) is 0 Å². The second-order valence-corrected chi connectivity index (χ2v) is 7.38. The van der Waals surface area contributed by atoms with Gasteiger partial charge in [0.05, 0.1) is 0 Å². The zero-order valence-electron chi connectivity index (χ0n) is 15.5. The van der Waals surface area contributed by atoms with Crippen LogP contribution in [0.25, 0.3) is 0 Å². The van der Waals surface area contributed by atoms with E-state index < -0.39 is 5.60 Å². The van der Waals surface area contributed by atoms with E-state index in [1.165, 1.54) is 12.8 Å². The lowest BCUT2D eigenvalue weighted by atomic mass is 9.95. The Hall–Kier alpha value is -1.33. The molecule has 0 spiro atoms. The average Bonchev–Trinajstić information content (AvgIpc) is 2.73. The van der Waals surface area contributed by atoms with Gasteiger partial charge in [0.1, 0.15) is 17.1 Å². The van der Waals surface area contributed by atoms with Gasteiger partial charge in [-0.15, -0.1) is 0 Å². The molecule has 0 saturated carbocycles. The topological polar surface area (TPSA) is 65.7 Å². The first kappa shape index (κ1) is 19.0. The third-order valence-electron chi connectivity index (χ3n) is 4.86. The van der Waals surface area contributed by atoms with E-state index in [1.807, 2.05) is 31.7 Å². The van der Waals surface area contributed by atoms with E-state index in [0.717, 1.165) is 43.0 Å². The zero-order chi connectivity index (χ0) is 17.7. The predicted molar refractivity (Wildman–Crippen MR) is 94.9 cm³/mol. The van der Waals surface area contributed by atoms with Crippen LogP contribution in [0.3, 0.4) is 0 Å². The Balaban J connectivity index is 1.84. The van der Waals surface area contributed by atoms with Gasteiger partial charge >= 0.3 is 0 Å². The average molecular weight is 336 g/mol. The van der Waals surface area contributed by atoms with Gasteiger partial charge in [-0.2, -0.15) is 0 Å². The van der Waals surface area contributed by atoms with Gasteiger partial charge in [0, 0.05) is 37.7 Å². The highest BCUT2D eigenvalue weighted by Gasteiger charge is 2.28. The molecular weight excluding hydrogens is 304 g/mol. The smallest absolute Gasteiger partial charge is 0.224 e. The molecule has 0 aromatic carbocycles. The third kappa shape index (κ3) is 5.08. The molecule has 2 heterocycles. The first-order valence-electron chi connectivity index (χ1n) is 9.10. The number of aliphatic hydroxyl groups is 1. The van der Waals surface area contributed by atoms with E-state index in [9.17, 15) is 9.90 Å². The van der Waals surface area contributed by atoms with Gasteiger partial charge in [-0.25, -0.2) is 0 Å². The Morgan fingerprint density at radius 2 is 1.96 bits per heavy atom. The number of hydrogen-bond acceptors (Lipinski definition) is 4. The van der Waals surface area contributed by atoms with Gasteiger partial charge < -0.3 is 19.7 Å². The number of likely N-dealkylation sites (tertiary alicyclic amines) is 1. The molecule has 5 heteroatoms. The number of aryl methyl sites for hydroxylation is 2. The van der Waals surface area contributed by atoms with Crippen LogP contribution in [0.4, 0.5) is 0 Å². The quantitative estimate of drug-likeness (QED) is 0.838. The van der Waals surface area contributed by atoms with Crippen LogP contribution in [-0.2, 0) is 10.4 Å². The Morgan fingerprint density at radius 1 is 1.33 bits per heavy atom. The lowest BCUT2D eigenvalue weighted by molar-refractivity contribution is -0.131. The first-order valence-corrected chi connectivity index (χ1v) is 9.10. The summed E-state index contributed by atoms with van der Waals surface area (Å²) in [6.07, 6.45) is 5.15. The van der Waals surface area contributed by atoms with Crippen molar-refractivity contribution >= 4 is 5.91 Å². The van der Waals surface area contributed by atoms with E-state index in [0.29, 0.717) is 13.0 Å². The standard InChI is InChI=1S/C19H32N2O3/c1-14(11-18(22)21-9-7-5-6-8-10-21)20-13-19(4,23)17-12-15(2)24-16(17)3/h12,14,20,23H,5-11,13H2,1-4H3/t14-,19+/m0/s1. The highest BCUT2D eigenvalue weighted by atomic mass is 16.3. The van der Waals surface area contributed by atoms with Crippen LogP contribution >= 0.6 is 0 Å². The maximum atomic E-state index is 12.4. The first-order chi connectivity index (χ1) is 11.3. The summed E-state index contributed by atoms with van der Waals surface area (Å²) in [5, 5.41) is 14.0. The van der Waals surface area contributed by atoms with Gasteiger partial charge in [-0.05, 0) is 46.6 Å². The van der Waals surface area contributed by atoms with Crippen molar-refractivity contribution in [1.29, 1.82) is 0 Å².